The smallest absolute Gasteiger partial charge is 0.0629 e. The van der Waals surface area contributed by atoms with Crippen LogP contribution in [0.1, 0.15) is 17.0 Å². The molecule has 0 saturated carbocycles. The van der Waals surface area contributed by atoms with Crippen molar-refractivity contribution < 1.29 is 0 Å². The lowest BCUT2D eigenvalue weighted by Crippen LogP contribution is -2.28. The Labute approximate surface area is 399 Å². The first kappa shape index (κ1) is 40.8. The number of nitrogens with zero attached hydrogens (tertiary/aromatic N) is 3. The summed E-state index contributed by atoms with van der Waals surface area (Å²) in [6, 6.07) is 88.6. The minimum atomic E-state index is 0.221. The van der Waals surface area contributed by atoms with Crippen LogP contribution in [0.3, 0.4) is 0 Å². The van der Waals surface area contributed by atoms with Gasteiger partial charge in [-0.25, -0.2) is 0 Å². The third-order valence-electron chi connectivity index (χ3n) is 13.6. The lowest BCUT2D eigenvalue weighted by molar-refractivity contribution is 0.745. The van der Waals surface area contributed by atoms with Gasteiger partial charge >= 0.3 is 0 Å². The Morgan fingerprint density at radius 2 is 0.897 bits per heavy atom. The van der Waals surface area contributed by atoms with Crippen molar-refractivity contribution in [2.24, 2.45) is 0 Å². The lowest BCUT2D eigenvalue weighted by Gasteiger charge is -2.29. The van der Waals surface area contributed by atoms with E-state index >= 15 is 0 Å². The first-order valence-electron chi connectivity index (χ1n) is 23.6. The number of anilines is 8. The second kappa shape index (κ2) is 17.6. The highest BCUT2D eigenvalue weighted by Gasteiger charge is 2.38. The summed E-state index contributed by atoms with van der Waals surface area (Å²) in [5, 5.41) is 2.40. The third kappa shape index (κ3) is 7.54. The van der Waals surface area contributed by atoms with E-state index in [0.29, 0.717) is 0 Å². The summed E-state index contributed by atoms with van der Waals surface area (Å²) < 4.78 is 0. The van der Waals surface area contributed by atoms with Crippen molar-refractivity contribution in [3.63, 3.8) is 0 Å². The summed E-state index contributed by atoms with van der Waals surface area (Å²) in [4.78, 5) is 7.31. The van der Waals surface area contributed by atoms with Gasteiger partial charge in [0.25, 0.3) is 0 Å². The summed E-state index contributed by atoms with van der Waals surface area (Å²) in [6.07, 6.45) is 9.10. The molecule has 2 atom stereocenters. The molecule has 1 aliphatic carbocycles. The van der Waals surface area contributed by atoms with Crippen molar-refractivity contribution in [3.8, 4) is 33.4 Å². The van der Waals surface area contributed by atoms with Gasteiger partial charge in [0.1, 0.15) is 0 Å². The van der Waals surface area contributed by atoms with Crippen LogP contribution in [0, 0.1) is 6.92 Å². The largest absolute Gasteiger partial charge is 0.333 e. The van der Waals surface area contributed by atoms with Crippen LogP contribution in [0.15, 0.2) is 267 Å². The number of hydrogen-bond acceptors (Lipinski definition) is 3. The number of benzene rings is 10. The van der Waals surface area contributed by atoms with Crippen LogP contribution in [0.2, 0.25) is 0 Å². The molecule has 12 rings (SSSR count). The molecule has 0 N–H and O–H groups in total. The molecule has 2 unspecified atom stereocenters. The molecule has 0 bridgehead atoms. The molecule has 0 saturated heterocycles. The Balaban J connectivity index is 0.940. The summed E-state index contributed by atoms with van der Waals surface area (Å²) >= 11 is 0. The van der Waals surface area contributed by atoms with Crippen molar-refractivity contribution >= 4 is 56.3 Å². The van der Waals surface area contributed by atoms with Crippen LogP contribution in [0.4, 0.5) is 45.5 Å². The summed E-state index contributed by atoms with van der Waals surface area (Å²) in [5.74, 6) is 0.245. The van der Waals surface area contributed by atoms with Crippen LogP contribution in [0.25, 0.3) is 44.2 Å². The molecule has 1 aliphatic heterocycles. The Morgan fingerprint density at radius 1 is 0.368 bits per heavy atom. The Hall–Kier alpha value is -8.66. The minimum absolute atomic E-state index is 0.221. The first-order valence-corrected chi connectivity index (χ1v) is 23.6. The Bertz CT molecular complexity index is 3450. The highest BCUT2D eigenvalue weighted by Crippen LogP contribution is 2.51. The van der Waals surface area contributed by atoms with Crippen molar-refractivity contribution in [1.29, 1.82) is 0 Å². The van der Waals surface area contributed by atoms with Gasteiger partial charge < -0.3 is 14.7 Å². The molecule has 3 nitrogen and oxygen atoms in total. The first-order chi connectivity index (χ1) is 33.6. The van der Waals surface area contributed by atoms with Crippen molar-refractivity contribution in [1.82, 2.24) is 0 Å². The number of aryl methyl sites for hydroxylation is 1. The van der Waals surface area contributed by atoms with Gasteiger partial charge in [0, 0.05) is 51.1 Å². The average Bonchev–Trinajstić information content (AvgIpc) is 3.74. The van der Waals surface area contributed by atoms with Gasteiger partial charge in [0.05, 0.1) is 11.7 Å². The molecular weight excluding hydrogens is 823 g/mol. The molecule has 10 aromatic rings. The SMILES string of the molecule is Cc1ccc(N(c2ccc3c(c2)C2C=CC=CC2N3c2ccccc2)c2ccc(-c3ccc(N(c4ccc(-c5ccccc5)cc4)c4cccc(-c5ccccc5)c4)cc3)c3ccccc23)cc1. The van der Waals surface area contributed by atoms with Gasteiger partial charge in [-0.15, -0.1) is 0 Å². The summed E-state index contributed by atoms with van der Waals surface area (Å²) in [7, 11) is 0. The number of fused-ring (bicyclic) bond motifs is 4. The zero-order valence-corrected chi connectivity index (χ0v) is 37.9. The van der Waals surface area contributed by atoms with Gasteiger partial charge in [-0.3, -0.25) is 0 Å². The maximum Gasteiger partial charge on any atom is 0.0629 e. The molecule has 2 aliphatic rings. The predicted octanol–water partition coefficient (Wildman–Crippen LogP) is 17.8. The van der Waals surface area contributed by atoms with E-state index in [0.717, 1.165) is 39.7 Å². The van der Waals surface area contributed by atoms with Gasteiger partial charge in [-0.05, 0) is 136 Å². The van der Waals surface area contributed by atoms with Crippen LogP contribution < -0.4 is 14.7 Å². The highest BCUT2D eigenvalue weighted by molar-refractivity contribution is 6.06. The fourth-order valence-electron chi connectivity index (χ4n) is 10.3. The molecule has 68 heavy (non-hydrogen) atoms. The maximum atomic E-state index is 2.50. The molecule has 1 heterocycles. The second-order valence-corrected chi connectivity index (χ2v) is 17.8. The van der Waals surface area contributed by atoms with Gasteiger partial charge in [-0.2, -0.15) is 0 Å². The fraction of sp³-hybridized carbons (Fsp3) is 0.0462. The summed E-state index contributed by atoms with van der Waals surface area (Å²) in [5.41, 5.74) is 18.9. The van der Waals surface area contributed by atoms with Gasteiger partial charge in [0.15, 0.2) is 0 Å². The molecule has 0 aromatic heterocycles. The Kier molecular flexibility index (Phi) is 10.6. The standard InChI is InChI=1S/C65H49N3/c1-46-28-34-55(35-29-46)67(57-40-42-65-62(45-57)61-26-13-14-27-63(61)68(65)52-21-9-4-10-22-52)64-43-41-58(59-24-11-12-25-60(59)64)50-32-38-54(39-33-50)66(53-36-30-49(31-37-53)47-16-5-2-6-17-47)56-23-15-20-51(44-56)48-18-7-3-8-19-48/h2-45,61,63H,1H3. The van der Waals surface area contributed by atoms with Crippen LogP contribution >= 0.6 is 0 Å². The van der Waals surface area contributed by atoms with E-state index in [1.54, 1.807) is 0 Å². The molecule has 0 radical (unpaired) electrons. The third-order valence-corrected chi connectivity index (χ3v) is 13.6. The number of rotatable bonds is 10. The molecule has 0 spiro atoms. The monoisotopic (exact) mass is 871 g/mol. The number of allylic oxidation sites excluding steroid dienone is 2. The van der Waals surface area contributed by atoms with Crippen molar-refractivity contribution in [2.75, 3.05) is 14.7 Å². The minimum Gasteiger partial charge on any atom is -0.333 e. The van der Waals surface area contributed by atoms with E-state index in [9.17, 15) is 0 Å². The zero-order valence-electron chi connectivity index (χ0n) is 37.9. The second-order valence-electron chi connectivity index (χ2n) is 17.8. The van der Waals surface area contributed by atoms with E-state index in [4.69, 9.17) is 0 Å². The highest BCUT2D eigenvalue weighted by atomic mass is 15.2. The summed E-state index contributed by atoms with van der Waals surface area (Å²) in [6.45, 7) is 2.16. The normalized spacial score (nSPS) is 14.7. The van der Waals surface area contributed by atoms with E-state index in [-0.39, 0.29) is 12.0 Å². The van der Waals surface area contributed by atoms with Crippen LogP contribution in [-0.4, -0.2) is 6.04 Å². The topological polar surface area (TPSA) is 9.72 Å². The van der Waals surface area contributed by atoms with Gasteiger partial charge in [-0.1, -0.05) is 188 Å². The number of para-hydroxylation sites is 1. The van der Waals surface area contributed by atoms with Crippen molar-refractivity contribution in [2.45, 2.75) is 18.9 Å². The molecule has 10 aromatic carbocycles. The Morgan fingerprint density at radius 3 is 1.60 bits per heavy atom. The molecule has 0 fully saturated rings. The number of hydrogen-bond donors (Lipinski definition) is 0. The average molecular weight is 872 g/mol. The molecular formula is C65H49N3. The quantitative estimate of drug-likeness (QED) is 0.136. The molecule has 324 valence electrons. The fourth-order valence-corrected chi connectivity index (χ4v) is 10.3. The van der Waals surface area contributed by atoms with Gasteiger partial charge in [0.2, 0.25) is 0 Å². The molecule has 0 amide bonds. The maximum absolute atomic E-state index is 2.50. The van der Waals surface area contributed by atoms with E-state index in [1.165, 1.54) is 61.1 Å². The van der Waals surface area contributed by atoms with Crippen molar-refractivity contribution in [3.05, 3.63) is 278 Å². The zero-order chi connectivity index (χ0) is 45.4. The van der Waals surface area contributed by atoms with Crippen LogP contribution in [-0.2, 0) is 0 Å². The van der Waals surface area contributed by atoms with E-state index in [2.05, 4.69) is 289 Å². The van der Waals surface area contributed by atoms with E-state index in [1.807, 2.05) is 0 Å². The molecule has 3 heteroatoms. The van der Waals surface area contributed by atoms with E-state index < -0.39 is 0 Å². The predicted molar refractivity (Wildman–Crippen MR) is 288 cm³/mol. The van der Waals surface area contributed by atoms with Crippen LogP contribution in [0.5, 0.6) is 0 Å². The lowest BCUT2D eigenvalue weighted by atomic mass is 9.91.